The maximum absolute atomic E-state index is 12.5. The topological polar surface area (TPSA) is 97.2 Å². The number of aliphatic hydroxyl groups is 1. The fourth-order valence-electron chi connectivity index (χ4n) is 7.92. The molecule has 7 heteroatoms. The van der Waals surface area contributed by atoms with Crippen LogP contribution in [0.2, 0.25) is 0 Å². The molecule has 1 aromatic rings. The predicted octanol–water partition coefficient (Wildman–Crippen LogP) is 4.88. The summed E-state index contributed by atoms with van der Waals surface area (Å²) >= 11 is 0. The Kier molecular flexibility index (Phi) is 7.01. The lowest BCUT2D eigenvalue weighted by atomic mass is 9.47. The lowest BCUT2D eigenvalue weighted by Gasteiger charge is -2.58. The van der Waals surface area contributed by atoms with Crippen molar-refractivity contribution in [2.24, 2.45) is 33.7 Å². The van der Waals surface area contributed by atoms with Crippen LogP contribution in [0.5, 0.6) is 0 Å². The van der Waals surface area contributed by atoms with E-state index in [0.29, 0.717) is 29.0 Å². The number of carbonyl (C=O) groups is 2. The summed E-state index contributed by atoms with van der Waals surface area (Å²) in [5.74, 6) is 0.760. The molecular formula is C31H40N2O5. The number of fused-ring (bicyclic) bond motifs is 5. The highest BCUT2D eigenvalue weighted by atomic mass is 16.6. The number of ether oxygens (including phenoxy) is 1. The maximum Gasteiger partial charge on any atom is 0.333 e. The Labute approximate surface area is 225 Å². The number of rotatable bonds is 6. The van der Waals surface area contributed by atoms with Crippen molar-refractivity contribution in [2.75, 3.05) is 13.7 Å². The number of methoxy groups -OCH3 is 1. The van der Waals surface area contributed by atoms with Gasteiger partial charge in [0.15, 0.2) is 12.6 Å². The second kappa shape index (κ2) is 9.99. The highest BCUT2D eigenvalue weighted by molar-refractivity contribution is 6.05. The summed E-state index contributed by atoms with van der Waals surface area (Å²) in [6.45, 7) is 6.41. The number of hydrogen-bond donors (Lipinski definition) is 2. The Morgan fingerprint density at radius 3 is 2.58 bits per heavy atom. The molecule has 7 nitrogen and oxygen atoms in total. The van der Waals surface area contributed by atoms with Gasteiger partial charge in [0.1, 0.15) is 5.71 Å². The third-order valence-corrected chi connectivity index (χ3v) is 10.4. The van der Waals surface area contributed by atoms with Gasteiger partial charge < -0.3 is 20.0 Å². The summed E-state index contributed by atoms with van der Waals surface area (Å²) < 4.78 is 4.85. The number of nitrogens with zero attached hydrogens (tertiary/aromatic N) is 1. The third-order valence-electron chi connectivity index (χ3n) is 10.4. The van der Waals surface area contributed by atoms with Gasteiger partial charge in [-0.05, 0) is 86.3 Å². The summed E-state index contributed by atoms with van der Waals surface area (Å²) in [6, 6.07) is 8.05. The average Bonchev–Trinajstić information content (AvgIpc) is 3.16. The van der Waals surface area contributed by atoms with Crippen molar-refractivity contribution in [1.82, 2.24) is 5.32 Å². The second-order valence-electron chi connectivity index (χ2n) is 12.2. The Morgan fingerprint density at radius 2 is 1.84 bits per heavy atom. The van der Waals surface area contributed by atoms with Crippen molar-refractivity contribution in [1.29, 1.82) is 0 Å². The second-order valence-corrected chi connectivity index (χ2v) is 12.2. The predicted molar refractivity (Wildman–Crippen MR) is 145 cm³/mol. The number of allylic oxidation sites excluding steroid dienone is 4. The van der Waals surface area contributed by atoms with Gasteiger partial charge in [0.05, 0.1) is 12.7 Å². The first-order valence-corrected chi connectivity index (χ1v) is 13.8. The van der Waals surface area contributed by atoms with Gasteiger partial charge in [-0.3, -0.25) is 4.79 Å². The van der Waals surface area contributed by atoms with E-state index in [2.05, 4.69) is 36.5 Å². The summed E-state index contributed by atoms with van der Waals surface area (Å²) in [5, 5.41) is 18.0. The Balaban J connectivity index is 1.22. The SMILES string of the molecule is COC(=O)[C@H](NC(=O)CO/N=C1/C=C[C@@]2(C)C(=C1)CC[C@@H]1[C@H]2CC[C@@]2(C)[C@H]1CC[C@]2(C)O)c1ccccc1. The first-order chi connectivity index (χ1) is 18.1. The molecule has 4 aliphatic rings. The maximum atomic E-state index is 12.5. The highest BCUT2D eigenvalue weighted by Crippen LogP contribution is 2.66. The van der Waals surface area contributed by atoms with Gasteiger partial charge in [-0.15, -0.1) is 0 Å². The van der Waals surface area contributed by atoms with Crippen LogP contribution < -0.4 is 5.32 Å². The molecule has 4 aliphatic carbocycles. The molecule has 1 aromatic carbocycles. The van der Waals surface area contributed by atoms with Gasteiger partial charge >= 0.3 is 5.97 Å². The molecule has 3 fully saturated rings. The first kappa shape index (κ1) is 26.7. The average molecular weight is 521 g/mol. The van der Waals surface area contributed by atoms with Gasteiger partial charge in [0.25, 0.3) is 5.91 Å². The summed E-state index contributed by atoms with van der Waals surface area (Å²) in [6.07, 6.45) is 12.8. The molecule has 0 heterocycles. The number of benzene rings is 1. The van der Waals surface area contributed by atoms with Crippen LogP contribution in [0, 0.1) is 28.6 Å². The molecule has 0 radical (unpaired) electrons. The van der Waals surface area contributed by atoms with E-state index in [4.69, 9.17) is 9.57 Å². The van der Waals surface area contributed by atoms with Crippen LogP contribution in [-0.2, 0) is 19.2 Å². The molecule has 0 saturated heterocycles. The van der Waals surface area contributed by atoms with E-state index in [-0.39, 0.29) is 17.4 Å². The normalized spacial score (nSPS) is 37.3. The van der Waals surface area contributed by atoms with Crippen LogP contribution in [0.15, 0.2) is 59.3 Å². The monoisotopic (exact) mass is 520 g/mol. The van der Waals surface area contributed by atoms with Crippen molar-refractivity contribution < 1.29 is 24.3 Å². The van der Waals surface area contributed by atoms with Crippen LogP contribution >= 0.6 is 0 Å². The van der Waals surface area contributed by atoms with Crippen molar-refractivity contribution in [2.45, 2.75) is 70.9 Å². The van der Waals surface area contributed by atoms with Crippen LogP contribution in [0.25, 0.3) is 0 Å². The van der Waals surface area contributed by atoms with Crippen LogP contribution in [0.4, 0.5) is 0 Å². The Bertz CT molecular complexity index is 1170. The Morgan fingerprint density at radius 1 is 1.11 bits per heavy atom. The van der Waals surface area contributed by atoms with E-state index in [1.165, 1.54) is 12.7 Å². The number of nitrogens with one attached hydrogen (secondary N) is 1. The molecule has 0 aromatic heterocycles. The van der Waals surface area contributed by atoms with E-state index in [0.717, 1.165) is 38.5 Å². The van der Waals surface area contributed by atoms with Gasteiger partial charge in [0, 0.05) is 5.41 Å². The molecule has 2 N–H and O–H groups in total. The molecule has 1 amide bonds. The van der Waals surface area contributed by atoms with Gasteiger partial charge in [-0.2, -0.15) is 0 Å². The molecule has 3 saturated carbocycles. The number of oxime groups is 1. The molecule has 0 unspecified atom stereocenters. The van der Waals surface area contributed by atoms with Crippen molar-refractivity contribution in [3.8, 4) is 0 Å². The van der Waals surface area contributed by atoms with Crippen molar-refractivity contribution >= 4 is 17.6 Å². The zero-order valence-electron chi connectivity index (χ0n) is 22.9. The molecule has 0 aliphatic heterocycles. The first-order valence-electron chi connectivity index (χ1n) is 13.8. The molecule has 204 valence electrons. The van der Waals surface area contributed by atoms with E-state index < -0.39 is 23.5 Å². The minimum Gasteiger partial charge on any atom is -0.467 e. The number of esters is 1. The molecular weight excluding hydrogens is 480 g/mol. The largest absolute Gasteiger partial charge is 0.467 e. The van der Waals surface area contributed by atoms with Crippen molar-refractivity contribution in [3.05, 3.63) is 59.7 Å². The van der Waals surface area contributed by atoms with E-state index in [9.17, 15) is 14.7 Å². The zero-order chi connectivity index (χ0) is 27.1. The molecule has 38 heavy (non-hydrogen) atoms. The minimum atomic E-state index is -0.904. The van der Waals surface area contributed by atoms with E-state index in [1.54, 1.807) is 24.3 Å². The fourth-order valence-corrected chi connectivity index (χ4v) is 7.92. The molecule has 5 rings (SSSR count). The number of hydrogen-bond acceptors (Lipinski definition) is 6. The third kappa shape index (κ3) is 4.49. The smallest absolute Gasteiger partial charge is 0.333 e. The van der Waals surface area contributed by atoms with Crippen LogP contribution in [0.1, 0.15) is 70.9 Å². The van der Waals surface area contributed by atoms with Crippen molar-refractivity contribution in [3.63, 3.8) is 0 Å². The summed E-state index contributed by atoms with van der Waals surface area (Å²) in [7, 11) is 1.29. The quantitative estimate of drug-likeness (QED) is 0.412. The standard InChI is InChI=1S/C31H40N2O5/c1-29-15-12-22(33-38-19-26(34)32-27(28(35)37-4)20-8-6-5-7-9-20)18-21(29)10-11-23-24(29)13-16-30(2)25(23)14-17-31(30,3)36/h5-9,12,15,18,23-25,27,36H,10-11,13-14,16-17,19H2,1-4H3,(H,32,34)/b33-22-/t23-,24-,25+,27-,29+,30+,31+/m1/s1. The molecule has 7 atom stereocenters. The fraction of sp³-hybridized carbons (Fsp3) is 0.581. The lowest BCUT2D eigenvalue weighted by Crippen LogP contribution is -2.53. The van der Waals surface area contributed by atoms with Crippen LogP contribution in [0.3, 0.4) is 0 Å². The van der Waals surface area contributed by atoms with Gasteiger partial charge in [-0.25, -0.2) is 4.79 Å². The van der Waals surface area contributed by atoms with Gasteiger partial charge in [0.2, 0.25) is 0 Å². The Hall–Kier alpha value is -2.93. The highest BCUT2D eigenvalue weighted by Gasteiger charge is 2.61. The number of amides is 1. The minimum absolute atomic E-state index is 0.0124. The lowest BCUT2D eigenvalue weighted by molar-refractivity contribution is -0.145. The zero-order valence-corrected chi connectivity index (χ0v) is 22.9. The van der Waals surface area contributed by atoms with E-state index in [1.807, 2.05) is 19.1 Å². The molecule has 0 spiro atoms. The summed E-state index contributed by atoms with van der Waals surface area (Å²) in [5.41, 5.74) is 2.13. The molecule has 0 bridgehead atoms. The number of carbonyl (C=O) groups excluding carboxylic acids is 2. The van der Waals surface area contributed by atoms with Gasteiger partial charge in [-0.1, -0.05) is 61.0 Å². The van der Waals surface area contributed by atoms with E-state index >= 15 is 0 Å². The summed E-state index contributed by atoms with van der Waals surface area (Å²) in [4.78, 5) is 30.1. The van der Waals surface area contributed by atoms with Crippen LogP contribution in [-0.4, -0.2) is 42.0 Å².